The van der Waals surface area contributed by atoms with Crippen LogP contribution in [0, 0.1) is 0 Å². The number of H-pyrrole nitrogens is 1. The van der Waals surface area contributed by atoms with Gasteiger partial charge in [0.25, 0.3) is 5.91 Å². The topological polar surface area (TPSA) is 102 Å². The molecule has 0 bridgehead atoms. The molecule has 3 aromatic rings. The van der Waals surface area contributed by atoms with Crippen LogP contribution in [0.1, 0.15) is 27.2 Å². The number of likely N-dealkylation sites (N-methyl/N-ethyl adjacent to an activating group) is 1. The Balaban J connectivity index is 1.40. The second kappa shape index (κ2) is 9.47. The molecule has 0 aliphatic carbocycles. The first-order valence-corrected chi connectivity index (χ1v) is 13.1. The van der Waals surface area contributed by atoms with E-state index in [1.165, 1.54) is 6.07 Å². The summed E-state index contributed by atoms with van der Waals surface area (Å²) in [6.07, 6.45) is -4.87. The molecule has 37 heavy (non-hydrogen) atoms. The van der Waals surface area contributed by atoms with Crippen LogP contribution in [0.25, 0.3) is 0 Å². The van der Waals surface area contributed by atoms with E-state index in [-0.39, 0.29) is 18.9 Å². The minimum absolute atomic E-state index is 0.142. The molecular weight excluding hydrogens is 509 g/mol. The highest BCUT2D eigenvalue weighted by molar-refractivity contribution is 7.89. The van der Waals surface area contributed by atoms with Crippen LogP contribution in [0.2, 0.25) is 0 Å². The molecule has 1 fully saturated rings. The molecule has 3 heterocycles. The number of aromatic nitrogens is 2. The zero-order valence-electron chi connectivity index (χ0n) is 19.9. The second-order valence-electron chi connectivity index (χ2n) is 9.09. The summed E-state index contributed by atoms with van der Waals surface area (Å²) in [6, 6.07) is 11.8. The smallest absolute Gasteiger partial charge is 0.369 e. The fraction of sp³-hybridized carbons (Fsp3) is 0.333. The van der Waals surface area contributed by atoms with Gasteiger partial charge in [-0.2, -0.15) is 22.6 Å². The SMILES string of the molecule is CN1CCN(c2ccc(S(=O)(=O)N3Cc4[nH]nc(NC(=O)c5ccccc5)c4C3)c(C(F)(F)F)c2)CC1. The molecule has 9 nitrogen and oxygen atoms in total. The Kier molecular flexibility index (Phi) is 6.46. The van der Waals surface area contributed by atoms with E-state index in [9.17, 15) is 26.4 Å². The van der Waals surface area contributed by atoms with E-state index >= 15 is 0 Å². The fourth-order valence-electron chi connectivity index (χ4n) is 4.52. The molecule has 0 atom stereocenters. The number of anilines is 2. The maximum absolute atomic E-state index is 14.1. The van der Waals surface area contributed by atoms with Gasteiger partial charge in [0.15, 0.2) is 5.82 Å². The minimum atomic E-state index is -4.87. The van der Waals surface area contributed by atoms with Crippen LogP contribution in [0.3, 0.4) is 0 Å². The Hall–Kier alpha value is -3.42. The molecule has 0 spiro atoms. The number of nitrogens with zero attached hydrogens (tertiary/aromatic N) is 4. The molecule has 0 unspecified atom stereocenters. The lowest BCUT2D eigenvalue weighted by Crippen LogP contribution is -2.44. The monoisotopic (exact) mass is 534 g/mol. The van der Waals surface area contributed by atoms with Crippen LogP contribution in [-0.4, -0.2) is 67.0 Å². The number of fused-ring (bicyclic) bond motifs is 1. The number of carbonyl (C=O) groups excluding carboxylic acids is 1. The van der Waals surface area contributed by atoms with Gasteiger partial charge in [-0.3, -0.25) is 9.89 Å². The second-order valence-corrected chi connectivity index (χ2v) is 11.0. The summed E-state index contributed by atoms with van der Waals surface area (Å²) in [7, 11) is -2.58. The van der Waals surface area contributed by atoms with Gasteiger partial charge >= 0.3 is 6.18 Å². The lowest BCUT2D eigenvalue weighted by molar-refractivity contribution is -0.139. The molecule has 13 heteroatoms. The van der Waals surface area contributed by atoms with Crippen LogP contribution < -0.4 is 10.2 Å². The third kappa shape index (κ3) is 4.93. The van der Waals surface area contributed by atoms with Crippen molar-refractivity contribution in [2.45, 2.75) is 24.2 Å². The van der Waals surface area contributed by atoms with Crippen molar-refractivity contribution in [3.05, 3.63) is 70.9 Å². The number of piperazine rings is 1. The summed E-state index contributed by atoms with van der Waals surface area (Å²) in [5.41, 5.74) is 0.346. The number of amides is 1. The predicted molar refractivity (Wildman–Crippen MR) is 131 cm³/mol. The number of alkyl halides is 3. The van der Waals surface area contributed by atoms with Crippen LogP contribution in [-0.2, 0) is 29.3 Å². The van der Waals surface area contributed by atoms with Gasteiger partial charge < -0.3 is 15.1 Å². The van der Waals surface area contributed by atoms with Gasteiger partial charge in [-0.05, 0) is 37.4 Å². The van der Waals surface area contributed by atoms with Crippen molar-refractivity contribution >= 4 is 27.4 Å². The van der Waals surface area contributed by atoms with Gasteiger partial charge in [-0.1, -0.05) is 18.2 Å². The van der Waals surface area contributed by atoms with Crippen molar-refractivity contribution in [1.29, 1.82) is 0 Å². The highest BCUT2D eigenvalue weighted by Gasteiger charge is 2.42. The molecule has 2 N–H and O–H groups in total. The van der Waals surface area contributed by atoms with Crippen molar-refractivity contribution in [1.82, 2.24) is 19.4 Å². The van der Waals surface area contributed by atoms with Crippen molar-refractivity contribution in [2.24, 2.45) is 0 Å². The number of rotatable bonds is 5. The Morgan fingerprint density at radius 3 is 2.41 bits per heavy atom. The number of carbonyl (C=O) groups is 1. The number of halogens is 3. The molecule has 2 aliphatic rings. The number of aromatic amines is 1. The van der Waals surface area contributed by atoms with Gasteiger partial charge in [-0.25, -0.2) is 8.42 Å². The molecule has 0 saturated carbocycles. The molecular formula is C24H25F3N6O3S. The van der Waals surface area contributed by atoms with E-state index in [1.54, 1.807) is 30.3 Å². The Bertz CT molecular complexity index is 1420. The average molecular weight is 535 g/mol. The van der Waals surface area contributed by atoms with E-state index < -0.39 is 32.6 Å². The first-order valence-electron chi connectivity index (χ1n) is 11.6. The van der Waals surface area contributed by atoms with E-state index in [0.29, 0.717) is 48.7 Å². The standard InChI is InChI=1S/C24H25F3N6O3S/c1-31-9-11-32(12-10-31)17-7-8-21(19(13-17)24(25,26)27)37(35,36)33-14-18-20(15-33)29-30-22(18)28-23(34)16-5-3-2-4-6-16/h2-8,13H,9-12,14-15H2,1H3,(H2,28,29,30,34). The molecule has 1 saturated heterocycles. The number of nitrogens with one attached hydrogen (secondary N) is 2. The van der Waals surface area contributed by atoms with E-state index in [0.717, 1.165) is 16.4 Å². The molecule has 1 amide bonds. The highest BCUT2D eigenvalue weighted by atomic mass is 32.2. The largest absolute Gasteiger partial charge is 0.417 e. The van der Waals surface area contributed by atoms with Crippen LogP contribution in [0.15, 0.2) is 53.4 Å². The van der Waals surface area contributed by atoms with Gasteiger partial charge in [0.05, 0.1) is 22.7 Å². The molecule has 5 rings (SSSR count). The van der Waals surface area contributed by atoms with Crippen molar-refractivity contribution < 1.29 is 26.4 Å². The van der Waals surface area contributed by atoms with E-state index in [2.05, 4.69) is 20.4 Å². The Morgan fingerprint density at radius 1 is 1.03 bits per heavy atom. The third-order valence-electron chi connectivity index (χ3n) is 6.64. The third-order valence-corrected chi connectivity index (χ3v) is 8.49. The summed E-state index contributed by atoms with van der Waals surface area (Å²) in [5.74, 6) is -0.293. The van der Waals surface area contributed by atoms with Gasteiger partial charge in [-0.15, -0.1) is 0 Å². The molecule has 2 aliphatic heterocycles. The summed E-state index contributed by atoms with van der Waals surface area (Å²) in [4.78, 5) is 15.6. The van der Waals surface area contributed by atoms with Crippen molar-refractivity contribution in [3.63, 3.8) is 0 Å². The minimum Gasteiger partial charge on any atom is -0.369 e. The molecule has 0 radical (unpaired) electrons. The zero-order chi connectivity index (χ0) is 26.4. The molecule has 196 valence electrons. The van der Waals surface area contributed by atoms with Crippen LogP contribution in [0.4, 0.5) is 24.7 Å². The van der Waals surface area contributed by atoms with Crippen molar-refractivity contribution in [3.8, 4) is 0 Å². The number of hydrogen-bond donors (Lipinski definition) is 2. The quantitative estimate of drug-likeness (QED) is 0.522. The van der Waals surface area contributed by atoms with Gasteiger partial charge in [0, 0.05) is 49.5 Å². The van der Waals surface area contributed by atoms with Gasteiger partial charge in [0.2, 0.25) is 10.0 Å². The molecule has 2 aromatic carbocycles. The lowest BCUT2D eigenvalue weighted by Gasteiger charge is -2.34. The molecule has 1 aromatic heterocycles. The predicted octanol–water partition coefficient (Wildman–Crippen LogP) is 3.14. The van der Waals surface area contributed by atoms with E-state index in [1.807, 2.05) is 11.9 Å². The Morgan fingerprint density at radius 2 is 1.73 bits per heavy atom. The summed E-state index contributed by atoms with van der Waals surface area (Å²) in [6.45, 7) is 2.07. The van der Waals surface area contributed by atoms with E-state index in [4.69, 9.17) is 0 Å². The number of benzene rings is 2. The normalized spacial score (nSPS) is 17.1. The van der Waals surface area contributed by atoms with Crippen molar-refractivity contribution in [2.75, 3.05) is 43.4 Å². The lowest BCUT2D eigenvalue weighted by atomic mass is 10.1. The van der Waals surface area contributed by atoms with Crippen LogP contribution >= 0.6 is 0 Å². The van der Waals surface area contributed by atoms with Crippen LogP contribution in [0.5, 0.6) is 0 Å². The summed E-state index contributed by atoms with van der Waals surface area (Å²) < 4.78 is 70.0. The summed E-state index contributed by atoms with van der Waals surface area (Å²) >= 11 is 0. The number of sulfonamides is 1. The average Bonchev–Trinajstić information content (AvgIpc) is 3.47. The summed E-state index contributed by atoms with van der Waals surface area (Å²) in [5, 5.41) is 9.39. The maximum Gasteiger partial charge on any atom is 0.417 e. The number of hydrogen-bond acceptors (Lipinski definition) is 6. The highest BCUT2D eigenvalue weighted by Crippen LogP contribution is 2.40. The van der Waals surface area contributed by atoms with Gasteiger partial charge in [0.1, 0.15) is 0 Å². The first-order chi connectivity index (χ1) is 17.5. The zero-order valence-corrected chi connectivity index (χ0v) is 20.7. The first kappa shape index (κ1) is 25.2. The maximum atomic E-state index is 14.1. The Labute approximate surface area is 211 Å². The fourth-order valence-corrected chi connectivity index (χ4v) is 6.09.